The third-order valence-electron chi connectivity index (χ3n) is 5.21. The number of benzene rings is 1. The van der Waals surface area contributed by atoms with Crippen LogP contribution in [0, 0.1) is 5.82 Å². The van der Waals surface area contributed by atoms with Crippen LogP contribution in [0.25, 0.3) is 0 Å². The van der Waals surface area contributed by atoms with E-state index in [9.17, 15) is 14.3 Å². The van der Waals surface area contributed by atoms with Crippen LogP contribution in [-0.2, 0) is 6.54 Å². The largest absolute Gasteiger partial charge is 0.393 e. The highest BCUT2D eigenvalue weighted by molar-refractivity contribution is 5.74. The lowest BCUT2D eigenvalue weighted by Gasteiger charge is -2.31. The summed E-state index contributed by atoms with van der Waals surface area (Å²) in [7, 11) is 0. The van der Waals surface area contributed by atoms with Crippen molar-refractivity contribution in [3.63, 3.8) is 0 Å². The van der Waals surface area contributed by atoms with E-state index in [0.29, 0.717) is 38.2 Å². The lowest BCUT2D eigenvalue weighted by atomic mass is 9.96. The zero-order chi connectivity index (χ0) is 17.6. The Morgan fingerprint density at radius 1 is 1.16 bits per heavy atom. The van der Waals surface area contributed by atoms with Crippen LogP contribution in [0.15, 0.2) is 18.2 Å². The van der Waals surface area contributed by atoms with E-state index < -0.39 is 0 Å². The van der Waals surface area contributed by atoms with Gasteiger partial charge >= 0.3 is 6.03 Å². The molecule has 0 atom stereocenters. The second-order valence-electron chi connectivity index (χ2n) is 7.17. The number of carbonyl (C=O) groups is 1. The number of hydrogen-bond donors (Lipinski definition) is 3. The molecule has 0 bridgehead atoms. The predicted octanol–water partition coefficient (Wildman–Crippen LogP) is 2.92. The first kappa shape index (κ1) is 18.0. The van der Waals surface area contributed by atoms with E-state index in [1.54, 1.807) is 6.07 Å². The van der Waals surface area contributed by atoms with Crippen molar-refractivity contribution >= 4 is 11.7 Å². The Balaban J connectivity index is 1.49. The monoisotopic (exact) mass is 349 g/mol. The van der Waals surface area contributed by atoms with Crippen molar-refractivity contribution in [1.82, 2.24) is 10.6 Å². The predicted molar refractivity (Wildman–Crippen MR) is 96.1 cm³/mol. The molecular formula is C19H28FN3O2. The van der Waals surface area contributed by atoms with Crippen LogP contribution >= 0.6 is 0 Å². The number of urea groups is 1. The van der Waals surface area contributed by atoms with E-state index in [1.165, 1.54) is 25.3 Å². The molecule has 1 heterocycles. The molecule has 2 aliphatic rings. The summed E-state index contributed by atoms with van der Waals surface area (Å²) in [5, 5.41) is 15.4. The number of nitrogens with one attached hydrogen (secondary N) is 2. The summed E-state index contributed by atoms with van der Waals surface area (Å²) in [4.78, 5) is 13.9. The van der Waals surface area contributed by atoms with Gasteiger partial charge in [0.15, 0.2) is 0 Å². The van der Waals surface area contributed by atoms with Gasteiger partial charge in [-0.25, -0.2) is 9.18 Å². The normalized spacial score (nSPS) is 19.7. The van der Waals surface area contributed by atoms with Gasteiger partial charge in [-0.3, -0.25) is 0 Å². The third-order valence-corrected chi connectivity index (χ3v) is 5.21. The summed E-state index contributed by atoms with van der Waals surface area (Å²) in [5.74, 6) is -0.275. The molecule has 0 radical (unpaired) electrons. The SMILES string of the molecule is O=C(NCc1ccc(N2CCC(O)CC2)c(F)c1)NC1CCCCC1. The number of hydrogen-bond acceptors (Lipinski definition) is 3. The minimum atomic E-state index is -0.275. The molecule has 138 valence electrons. The van der Waals surface area contributed by atoms with E-state index in [2.05, 4.69) is 10.6 Å². The average Bonchev–Trinajstić information content (AvgIpc) is 2.62. The van der Waals surface area contributed by atoms with Gasteiger partial charge in [-0.2, -0.15) is 0 Å². The molecule has 1 aromatic carbocycles. The second kappa shape index (κ2) is 8.52. The van der Waals surface area contributed by atoms with E-state index >= 15 is 0 Å². The Labute approximate surface area is 148 Å². The van der Waals surface area contributed by atoms with Crippen molar-refractivity contribution in [2.45, 2.75) is 63.6 Å². The fourth-order valence-corrected chi connectivity index (χ4v) is 3.69. The van der Waals surface area contributed by atoms with Crippen LogP contribution < -0.4 is 15.5 Å². The molecule has 0 spiro atoms. The molecule has 3 rings (SSSR count). The molecular weight excluding hydrogens is 321 g/mol. The van der Waals surface area contributed by atoms with E-state index in [0.717, 1.165) is 18.4 Å². The summed E-state index contributed by atoms with van der Waals surface area (Å²) in [6, 6.07) is 5.19. The number of aliphatic hydroxyl groups excluding tert-OH is 1. The van der Waals surface area contributed by atoms with Crippen molar-refractivity contribution < 1.29 is 14.3 Å². The Bertz CT molecular complexity index is 582. The molecule has 6 heteroatoms. The zero-order valence-corrected chi connectivity index (χ0v) is 14.6. The molecule has 1 aliphatic carbocycles. The van der Waals surface area contributed by atoms with Crippen molar-refractivity contribution in [3.8, 4) is 0 Å². The summed E-state index contributed by atoms with van der Waals surface area (Å²) in [6.45, 7) is 1.65. The minimum Gasteiger partial charge on any atom is -0.393 e. The average molecular weight is 349 g/mol. The number of halogens is 1. The van der Waals surface area contributed by atoms with E-state index in [1.807, 2.05) is 11.0 Å². The maximum absolute atomic E-state index is 14.4. The number of amides is 2. The number of aliphatic hydroxyl groups is 1. The van der Waals surface area contributed by atoms with Crippen molar-refractivity contribution in [2.75, 3.05) is 18.0 Å². The maximum atomic E-state index is 14.4. The van der Waals surface area contributed by atoms with Gasteiger partial charge in [-0.05, 0) is 43.4 Å². The summed E-state index contributed by atoms with van der Waals surface area (Å²) in [5.41, 5.74) is 1.32. The molecule has 1 aromatic rings. The highest BCUT2D eigenvalue weighted by Gasteiger charge is 2.20. The molecule has 1 saturated carbocycles. The summed E-state index contributed by atoms with van der Waals surface area (Å²) >= 11 is 0. The van der Waals surface area contributed by atoms with Crippen molar-refractivity contribution in [1.29, 1.82) is 0 Å². The minimum absolute atomic E-state index is 0.179. The van der Waals surface area contributed by atoms with Crippen LogP contribution in [0.3, 0.4) is 0 Å². The molecule has 0 aromatic heterocycles. The van der Waals surface area contributed by atoms with Gasteiger partial charge in [-0.15, -0.1) is 0 Å². The third kappa shape index (κ3) is 5.08. The van der Waals surface area contributed by atoms with E-state index in [4.69, 9.17) is 0 Å². The number of anilines is 1. The Kier molecular flexibility index (Phi) is 6.13. The zero-order valence-electron chi connectivity index (χ0n) is 14.6. The topological polar surface area (TPSA) is 64.6 Å². The summed E-state index contributed by atoms with van der Waals surface area (Å²) in [6.07, 6.45) is 6.75. The fraction of sp³-hybridized carbons (Fsp3) is 0.632. The van der Waals surface area contributed by atoms with Crippen LogP contribution in [0.2, 0.25) is 0 Å². The van der Waals surface area contributed by atoms with Crippen LogP contribution in [-0.4, -0.2) is 36.4 Å². The molecule has 1 aliphatic heterocycles. The van der Waals surface area contributed by atoms with Gasteiger partial charge in [0.05, 0.1) is 11.8 Å². The quantitative estimate of drug-likeness (QED) is 0.783. The van der Waals surface area contributed by atoms with Gasteiger partial charge in [-0.1, -0.05) is 25.3 Å². The van der Waals surface area contributed by atoms with Gasteiger partial charge < -0.3 is 20.6 Å². The Morgan fingerprint density at radius 3 is 2.56 bits per heavy atom. The standard InChI is InChI=1S/C19H28FN3O2/c20-17-12-14(6-7-18(17)23-10-8-16(24)9-11-23)13-21-19(25)22-15-4-2-1-3-5-15/h6-7,12,15-16,24H,1-5,8-11,13H2,(H2,21,22,25). The molecule has 1 saturated heterocycles. The van der Waals surface area contributed by atoms with Crippen molar-refractivity contribution in [3.05, 3.63) is 29.6 Å². The maximum Gasteiger partial charge on any atom is 0.315 e. The first-order valence-corrected chi connectivity index (χ1v) is 9.37. The van der Waals surface area contributed by atoms with E-state index in [-0.39, 0.29) is 24.0 Å². The van der Waals surface area contributed by atoms with Crippen LogP contribution in [0.1, 0.15) is 50.5 Å². The van der Waals surface area contributed by atoms with Gasteiger partial charge in [0.25, 0.3) is 0 Å². The molecule has 3 N–H and O–H groups in total. The first-order valence-electron chi connectivity index (χ1n) is 9.37. The molecule has 0 unspecified atom stereocenters. The lowest BCUT2D eigenvalue weighted by Crippen LogP contribution is -2.42. The molecule has 2 amide bonds. The number of rotatable bonds is 4. The van der Waals surface area contributed by atoms with Gasteiger partial charge in [0.1, 0.15) is 5.82 Å². The van der Waals surface area contributed by atoms with Crippen LogP contribution in [0.4, 0.5) is 14.9 Å². The fourth-order valence-electron chi connectivity index (χ4n) is 3.69. The number of nitrogens with zero attached hydrogens (tertiary/aromatic N) is 1. The highest BCUT2D eigenvalue weighted by atomic mass is 19.1. The smallest absolute Gasteiger partial charge is 0.315 e. The summed E-state index contributed by atoms with van der Waals surface area (Å²) < 4.78 is 14.4. The Morgan fingerprint density at radius 2 is 1.88 bits per heavy atom. The lowest BCUT2D eigenvalue weighted by molar-refractivity contribution is 0.145. The number of piperidine rings is 1. The first-order chi connectivity index (χ1) is 12.1. The number of carbonyl (C=O) groups excluding carboxylic acids is 1. The highest BCUT2D eigenvalue weighted by Crippen LogP contribution is 2.24. The molecule has 2 fully saturated rings. The second-order valence-corrected chi connectivity index (χ2v) is 7.17. The Hall–Kier alpha value is -1.82. The van der Waals surface area contributed by atoms with Gasteiger partial charge in [0.2, 0.25) is 0 Å². The van der Waals surface area contributed by atoms with Crippen LogP contribution in [0.5, 0.6) is 0 Å². The molecule has 25 heavy (non-hydrogen) atoms. The molecule has 5 nitrogen and oxygen atoms in total. The van der Waals surface area contributed by atoms with Crippen molar-refractivity contribution in [2.24, 2.45) is 0 Å². The van der Waals surface area contributed by atoms with Gasteiger partial charge in [0, 0.05) is 25.7 Å².